The van der Waals surface area contributed by atoms with Crippen molar-refractivity contribution in [3.63, 3.8) is 0 Å². The predicted octanol–water partition coefficient (Wildman–Crippen LogP) is 2.92. The summed E-state index contributed by atoms with van der Waals surface area (Å²) in [6.07, 6.45) is 1.79. The minimum Gasteiger partial charge on any atom is -0.370 e. The number of hydrogen-bond donors (Lipinski definition) is 1. The van der Waals surface area contributed by atoms with Crippen molar-refractivity contribution in [3.8, 4) is 11.5 Å². The van der Waals surface area contributed by atoms with E-state index in [1.54, 1.807) is 6.20 Å². The smallest absolute Gasteiger partial charge is 0.180 e. The zero-order valence-electron chi connectivity index (χ0n) is 12.0. The van der Waals surface area contributed by atoms with E-state index in [0.29, 0.717) is 5.92 Å². The first kappa shape index (κ1) is 13.5. The molecule has 0 radical (unpaired) electrons. The van der Waals surface area contributed by atoms with Crippen molar-refractivity contribution in [3.05, 3.63) is 24.0 Å². The normalized spacial score (nSPS) is 11.0. The quantitative estimate of drug-likeness (QED) is 0.897. The third-order valence-electron chi connectivity index (χ3n) is 2.94. The highest BCUT2D eigenvalue weighted by molar-refractivity contribution is 5.53. The van der Waals surface area contributed by atoms with Gasteiger partial charge in [0, 0.05) is 31.0 Å². The average Bonchev–Trinajstić information content (AvgIpc) is 2.87. The molecule has 19 heavy (non-hydrogen) atoms. The van der Waals surface area contributed by atoms with Crippen LogP contribution in [0.5, 0.6) is 0 Å². The van der Waals surface area contributed by atoms with Crippen molar-refractivity contribution in [2.75, 3.05) is 11.9 Å². The van der Waals surface area contributed by atoms with Crippen LogP contribution in [0.3, 0.4) is 0 Å². The summed E-state index contributed by atoms with van der Waals surface area (Å²) in [5.74, 6) is 1.98. The van der Waals surface area contributed by atoms with Gasteiger partial charge in [0.25, 0.3) is 0 Å². The summed E-state index contributed by atoms with van der Waals surface area (Å²) in [4.78, 5) is 9.23. The maximum absolute atomic E-state index is 4.65. The standard InChI is InChI=1S/C14H21N5/c1-5-15-13-9-11(10(3)4)17-14(18-13)12-7-8-16-19(12)6-2/h7-10H,5-6H2,1-4H3,(H,15,17,18). The number of hydrogen-bond acceptors (Lipinski definition) is 4. The summed E-state index contributed by atoms with van der Waals surface area (Å²) < 4.78 is 1.91. The molecule has 2 aromatic heterocycles. The Balaban J connectivity index is 2.49. The number of nitrogens with one attached hydrogen (secondary N) is 1. The van der Waals surface area contributed by atoms with Crippen molar-refractivity contribution in [2.24, 2.45) is 0 Å². The molecule has 0 amide bonds. The van der Waals surface area contributed by atoms with Crippen molar-refractivity contribution in [1.29, 1.82) is 0 Å². The predicted molar refractivity (Wildman–Crippen MR) is 77.2 cm³/mol. The fourth-order valence-corrected chi connectivity index (χ4v) is 1.92. The van der Waals surface area contributed by atoms with Gasteiger partial charge in [-0.05, 0) is 25.8 Å². The first-order valence-electron chi connectivity index (χ1n) is 6.80. The maximum Gasteiger partial charge on any atom is 0.180 e. The monoisotopic (exact) mass is 259 g/mol. The molecule has 0 aliphatic heterocycles. The van der Waals surface area contributed by atoms with Crippen molar-refractivity contribution >= 4 is 5.82 Å². The van der Waals surface area contributed by atoms with E-state index < -0.39 is 0 Å². The number of aryl methyl sites for hydroxylation is 1. The zero-order valence-corrected chi connectivity index (χ0v) is 12.0. The molecule has 0 aliphatic carbocycles. The zero-order chi connectivity index (χ0) is 13.8. The molecule has 1 N–H and O–H groups in total. The Morgan fingerprint density at radius 1 is 1.26 bits per heavy atom. The summed E-state index contributed by atoms with van der Waals surface area (Å²) in [6, 6.07) is 3.98. The molecule has 0 aromatic carbocycles. The van der Waals surface area contributed by atoms with Gasteiger partial charge in [-0.3, -0.25) is 4.68 Å². The van der Waals surface area contributed by atoms with Crippen LogP contribution in [-0.4, -0.2) is 26.3 Å². The lowest BCUT2D eigenvalue weighted by atomic mass is 10.1. The molecule has 0 fully saturated rings. The van der Waals surface area contributed by atoms with Gasteiger partial charge in [-0.25, -0.2) is 9.97 Å². The van der Waals surface area contributed by atoms with Gasteiger partial charge in [0.15, 0.2) is 5.82 Å². The SMILES string of the molecule is CCNc1cc(C(C)C)nc(-c2ccnn2CC)n1. The van der Waals surface area contributed by atoms with E-state index >= 15 is 0 Å². The van der Waals surface area contributed by atoms with Gasteiger partial charge in [0.05, 0.1) is 0 Å². The number of anilines is 1. The summed E-state index contributed by atoms with van der Waals surface area (Å²) >= 11 is 0. The minimum atomic E-state index is 0.372. The number of aromatic nitrogens is 4. The van der Waals surface area contributed by atoms with E-state index in [1.165, 1.54) is 0 Å². The second kappa shape index (κ2) is 5.82. The molecular weight excluding hydrogens is 238 g/mol. The summed E-state index contributed by atoms with van der Waals surface area (Å²) in [6.45, 7) is 10.1. The van der Waals surface area contributed by atoms with Crippen molar-refractivity contribution in [1.82, 2.24) is 19.7 Å². The first-order chi connectivity index (χ1) is 9.15. The van der Waals surface area contributed by atoms with Gasteiger partial charge in [-0.1, -0.05) is 13.8 Å². The van der Waals surface area contributed by atoms with Crippen molar-refractivity contribution < 1.29 is 0 Å². The second-order valence-electron chi connectivity index (χ2n) is 4.72. The van der Waals surface area contributed by atoms with Crippen LogP contribution in [0.2, 0.25) is 0 Å². The fourth-order valence-electron chi connectivity index (χ4n) is 1.92. The Morgan fingerprint density at radius 3 is 2.68 bits per heavy atom. The fraction of sp³-hybridized carbons (Fsp3) is 0.500. The van der Waals surface area contributed by atoms with E-state index in [2.05, 4.69) is 48.1 Å². The Morgan fingerprint density at radius 2 is 2.05 bits per heavy atom. The van der Waals surface area contributed by atoms with Crippen LogP contribution in [0.15, 0.2) is 18.3 Å². The topological polar surface area (TPSA) is 55.6 Å². The Bertz CT molecular complexity index is 545. The van der Waals surface area contributed by atoms with Crippen molar-refractivity contribution in [2.45, 2.75) is 40.2 Å². The molecule has 0 aliphatic rings. The lowest BCUT2D eigenvalue weighted by Crippen LogP contribution is -2.07. The molecule has 2 aromatic rings. The largest absolute Gasteiger partial charge is 0.370 e. The summed E-state index contributed by atoms with van der Waals surface area (Å²) in [7, 11) is 0. The van der Waals surface area contributed by atoms with Gasteiger partial charge in [0.1, 0.15) is 11.5 Å². The molecule has 0 bridgehead atoms. The molecule has 0 saturated heterocycles. The molecule has 0 unspecified atom stereocenters. The van der Waals surface area contributed by atoms with Crippen LogP contribution >= 0.6 is 0 Å². The molecule has 0 atom stereocenters. The Labute approximate surface area is 114 Å². The molecule has 0 spiro atoms. The molecule has 5 heteroatoms. The Kier molecular flexibility index (Phi) is 4.14. The number of rotatable bonds is 5. The molecule has 102 valence electrons. The highest BCUT2D eigenvalue weighted by Gasteiger charge is 2.12. The lowest BCUT2D eigenvalue weighted by Gasteiger charge is -2.11. The van der Waals surface area contributed by atoms with Crippen LogP contribution in [0.1, 0.15) is 39.3 Å². The van der Waals surface area contributed by atoms with Gasteiger partial charge >= 0.3 is 0 Å². The molecular formula is C14H21N5. The van der Waals surface area contributed by atoms with Gasteiger partial charge in [-0.15, -0.1) is 0 Å². The van der Waals surface area contributed by atoms with E-state index in [4.69, 9.17) is 0 Å². The van der Waals surface area contributed by atoms with E-state index in [-0.39, 0.29) is 0 Å². The Hall–Kier alpha value is -1.91. The minimum absolute atomic E-state index is 0.372. The molecule has 5 nitrogen and oxygen atoms in total. The highest BCUT2D eigenvalue weighted by atomic mass is 15.3. The van der Waals surface area contributed by atoms with E-state index in [0.717, 1.165) is 36.1 Å². The average molecular weight is 259 g/mol. The highest BCUT2D eigenvalue weighted by Crippen LogP contribution is 2.21. The second-order valence-corrected chi connectivity index (χ2v) is 4.72. The van der Waals surface area contributed by atoms with Crippen LogP contribution < -0.4 is 5.32 Å². The first-order valence-corrected chi connectivity index (χ1v) is 6.80. The molecule has 0 saturated carbocycles. The van der Waals surface area contributed by atoms with E-state index in [1.807, 2.05) is 16.8 Å². The summed E-state index contributed by atoms with van der Waals surface area (Å²) in [5.41, 5.74) is 2.01. The molecule has 2 rings (SSSR count). The number of nitrogens with zero attached hydrogens (tertiary/aromatic N) is 4. The van der Waals surface area contributed by atoms with E-state index in [9.17, 15) is 0 Å². The van der Waals surface area contributed by atoms with Gasteiger partial charge in [-0.2, -0.15) is 5.10 Å². The summed E-state index contributed by atoms with van der Waals surface area (Å²) in [5, 5.41) is 7.54. The third-order valence-corrected chi connectivity index (χ3v) is 2.94. The van der Waals surface area contributed by atoms with Crippen LogP contribution in [0.4, 0.5) is 5.82 Å². The maximum atomic E-state index is 4.65. The third kappa shape index (κ3) is 2.92. The molecule has 2 heterocycles. The van der Waals surface area contributed by atoms with Crippen LogP contribution in [0.25, 0.3) is 11.5 Å². The van der Waals surface area contributed by atoms with Gasteiger partial charge < -0.3 is 5.32 Å². The van der Waals surface area contributed by atoms with Crippen LogP contribution in [0, 0.1) is 0 Å². The lowest BCUT2D eigenvalue weighted by molar-refractivity contribution is 0.662. The van der Waals surface area contributed by atoms with Gasteiger partial charge in [0.2, 0.25) is 0 Å². The van der Waals surface area contributed by atoms with Crippen LogP contribution in [-0.2, 0) is 6.54 Å².